The third kappa shape index (κ3) is 53.5. The lowest BCUT2D eigenvalue weighted by Gasteiger charge is -2.12. The zero-order valence-corrected chi connectivity index (χ0v) is 37.0. The van der Waals surface area contributed by atoms with E-state index in [1.807, 2.05) is 0 Å². The average molecular weight is 887 g/mol. The number of rotatable bonds is 54. The molecule has 0 rings (SSSR count). The Hall–Kier alpha value is -0.530. The van der Waals surface area contributed by atoms with Crippen LogP contribution in [-0.2, 0) is 89.8 Å². The van der Waals surface area contributed by atoms with Gasteiger partial charge in [-0.05, 0) is 0 Å². The number of ether oxygens (including phenoxy) is 18. The highest BCUT2D eigenvalue weighted by Crippen LogP contribution is 2.39. The summed E-state index contributed by atoms with van der Waals surface area (Å²) in [6, 6.07) is 0. The van der Waals surface area contributed by atoms with E-state index in [-0.39, 0.29) is 25.5 Å². The maximum Gasteiger partial charge on any atom is 0.205 e. The predicted octanol–water partition coefficient (Wildman–Crippen LogP) is 0.815. The number of hydrogen-bond acceptors (Lipinski definition) is 19. The molecule has 0 spiro atoms. The Morgan fingerprint density at radius 1 is 0.237 bits per heavy atom. The third-order valence-electron chi connectivity index (χ3n) is 7.24. The van der Waals surface area contributed by atoms with Crippen LogP contribution in [-0.4, -0.2) is 256 Å². The Balaban J connectivity index is 3.23. The summed E-state index contributed by atoms with van der Waals surface area (Å²) in [7, 11) is -0.0582. The van der Waals surface area contributed by atoms with Gasteiger partial charge < -0.3 is 90.2 Å². The van der Waals surface area contributed by atoms with Crippen molar-refractivity contribution in [3.63, 3.8) is 0 Å². The van der Waals surface area contributed by atoms with E-state index in [0.29, 0.717) is 211 Å². The van der Waals surface area contributed by atoms with Gasteiger partial charge in [0, 0.05) is 26.5 Å². The van der Waals surface area contributed by atoms with E-state index in [2.05, 4.69) is 0 Å². The van der Waals surface area contributed by atoms with Crippen molar-refractivity contribution in [2.24, 2.45) is 0 Å². The van der Waals surface area contributed by atoms with Crippen molar-refractivity contribution in [3.8, 4) is 0 Å². The zero-order chi connectivity index (χ0) is 42.7. The molecule has 0 radical (unpaired) electrons. The summed E-state index contributed by atoms with van der Waals surface area (Å²) in [5.41, 5.74) is 0. The Bertz CT molecular complexity index is 763. The van der Waals surface area contributed by atoms with E-state index in [9.17, 15) is 9.46 Å². The van der Waals surface area contributed by atoms with E-state index >= 15 is 0 Å². The van der Waals surface area contributed by atoms with Crippen LogP contribution in [0.3, 0.4) is 0 Å². The van der Waals surface area contributed by atoms with Crippen molar-refractivity contribution >= 4 is 7.37 Å². The van der Waals surface area contributed by atoms with Gasteiger partial charge in [-0.1, -0.05) is 0 Å². The molecule has 0 saturated carbocycles. The van der Waals surface area contributed by atoms with Gasteiger partial charge in [-0.25, -0.2) is 0 Å². The van der Waals surface area contributed by atoms with Crippen LogP contribution in [0.2, 0.25) is 0 Å². The first kappa shape index (κ1) is 58.5. The number of hydrogen-bond donors (Lipinski definition) is 1. The highest BCUT2D eigenvalue weighted by molar-refractivity contribution is 7.58. The second kappa shape index (κ2) is 51.8. The van der Waals surface area contributed by atoms with Crippen molar-refractivity contribution in [1.29, 1.82) is 0 Å². The van der Waals surface area contributed by atoms with Gasteiger partial charge in [0.2, 0.25) is 7.37 Å². The fourth-order valence-corrected chi connectivity index (χ4v) is 5.15. The maximum atomic E-state index is 12.3. The smallest absolute Gasteiger partial charge is 0.205 e. The van der Waals surface area contributed by atoms with Crippen LogP contribution < -0.4 is 0 Å². The van der Waals surface area contributed by atoms with Crippen LogP contribution in [0.15, 0.2) is 0 Å². The number of methoxy groups -OCH3 is 2. The van der Waals surface area contributed by atoms with E-state index in [1.54, 1.807) is 14.2 Å². The third-order valence-corrected chi connectivity index (χ3v) is 9.00. The summed E-state index contributed by atoms with van der Waals surface area (Å²) in [6.45, 7) is 15.7. The molecule has 0 saturated heterocycles. The van der Waals surface area contributed by atoms with Crippen LogP contribution in [0.1, 0.15) is 0 Å². The lowest BCUT2D eigenvalue weighted by molar-refractivity contribution is -0.0241. The molecule has 0 aromatic rings. The van der Waals surface area contributed by atoms with E-state index in [4.69, 9.17) is 85.3 Å². The second-order valence-corrected chi connectivity index (χ2v) is 14.7. The molecule has 0 unspecified atom stereocenters. The van der Waals surface area contributed by atoms with Crippen LogP contribution in [0.5, 0.6) is 0 Å². The van der Waals surface area contributed by atoms with Gasteiger partial charge in [-0.3, -0.25) is 4.57 Å². The molecule has 0 heterocycles. The Kier molecular flexibility index (Phi) is 51.4. The molecule has 20 nitrogen and oxygen atoms in total. The quantitative estimate of drug-likeness (QED) is 0.0664. The standard InChI is InChI=1S/C38H79O20P/c1-41-3-5-43-7-9-45-11-13-47-15-17-49-19-21-51-23-25-53-27-29-55-31-33-57-35-37-59(39,40)38-36-58-34-32-56-30-28-54-26-24-52-22-20-50-18-16-48-14-12-46-10-8-44-6-4-42-2/h3-38H2,1-2H3,(H,39,40). The minimum Gasteiger partial charge on any atom is -0.382 e. The largest absolute Gasteiger partial charge is 0.382 e. The SMILES string of the molecule is COCCOCCOCCOCCOCCOCCOCCOCCOCCP(=O)(O)CCOCCOCCOCCOCCOCCOCCOCCOCCOC. The van der Waals surface area contributed by atoms with Gasteiger partial charge >= 0.3 is 0 Å². The monoisotopic (exact) mass is 886 g/mol. The molecule has 1 N–H and O–H groups in total. The first-order chi connectivity index (χ1) is 29.1. The van der Waals surface area contributed by atoms with Crippen LogP contribution in [0, 0.1) is 0 Å². The van der Waals surface area contributed by atoms with Crippen LogP contribution in [0.4, 0.5) is 0 Å². The Morgan fingerprint density at radius 2 is 0.356 bits per heavy atom. The van der Waals surface area contributed by atoms with E-state index in [1.165, 1.54) is 0 Å². The summed E-state index contributed by atoms with van der Waals surface area (Å²) in [6.07, 6.45) is 0.120. The summed E-state index contributed by atoms with van der Waals surface area (Å²) < 4.78 is 109. The topological polar surface area (TPSA) is 203 Å². The highest BCUT2D eigenvalue weighted by Gasteiger charge is 2.17. The highest BCUT2D eigenvalue weighted by atomic mass is 31.2. The maximum absolute atomic E-state index is 12.3. The molecule has 356 valence electrons. The van der Waals surface area contributed by atoms with Gasteiger partial charge in [-0.15, -0.1) is 0 Å². The minimum absolute atomic E-state index is 0.0601. The molecule has 59 heavy (non-hydrogen) atoms. The summed E-state index contributed by atoms with van der Waals surface area (Å²) in [5.74, 6) is 0. The van der Waals surface area contributed by atoms with Crippen molar-refractivity contribution in [3.05, 3.63) is 0 Å². The average Bonchev–Trinajstić information content (AvgIpc) is 3.23. The zero-order valence-electron chi connectivity index (χ0n) is 36.1. The molecule has 0 aliphatic rings. The van der Waals surface area contributed by atoms with Crippen molar-refractivity contribution in [1.82, 2.24) is 0 Å². The molecule has 0 fully saturated rings. The van der Waals surface area contributed by atoms with Gasteiger partial charge in [0.15, 0.2) is 0 Å². The summed E-state index contributed by atoms with van der Waals surface area (Å²) >= 11 is 0. The molecule has 0 aliphatic carbocycles. The van der Waals surface area contributed by atoms with Crippen LogP contribution in [0.25, 0.3) is 0 Å². The fourth-order valence-electron chi connectivity index (χ4n) is 4.09. The lowest BCUT2D eigenvalue weighted by Crippen LogP contribution is -2.15. The molecule has 21 heteroatoms. The molecule has 0 atom stereocenters. The Morgan fingerprint density at radius 3 is 0.492 bits per heavy atom. The van der Waals surface area contributed by atoms with Gasteiger partial charge in [0.1, 0.15) is 0 Å². The van der Waals surface area contributed by atoms with E-state index in [0.717, 1.165) is 0 Å². The van der Waals surface area contributed by atoms with Crippen molar-refractivity contribution in [2.75, 3.05) is 251 Å². The van der Waals surface area contributed by atoms with Crippen molar-refractivity contribution < 1.29 is 94.7 Å². The fraction of sp³-hybridized carbons (Fsp3) is 1.00. The molecule has 0 aromatic heterocycles. The first-order valence-corrected chi connectivity index (χ1v) is 22.7. The first-order valence-electron chi connectivity index (χ1n) is 20.6. The van der Waals surface area contributed by atoms with Gasteiger partial charge in [0.05, 0.1) is 225 Å². The lowest BCUT2D eigenvalue weighted by atomic mass is 10.6. The summed E-state index contributed by atoms with van der Waals surface area (Å²) in [4.78, 5) is 10.1. The molecule has 0 amide bonds. The molecular weight excluding hydrogens is 807 g/mol. The van der Waals surface area contributed by atoms with Gasteiger partial charge in [0.25, 0.3) is 0 Å². The summed E-state index contributed by atoms with van der Waals surface area (Å²) in [5, 5.41) is 0. The Labute approximate surface area is 352 Å². The molecule has 0 aliphatic heterocycles. The molecular formula is C38H79O20P. The van der Waals surface area contributed by atoms with Gasteiger partial charge in [-0.2, -0.15) is 0 Å². The van der Waals surface area contributed by atoms with Crippen molar-refractivity contribution in [2.45, 2.75) is 0 Å². The minimum atomic E-state index is -3.33. The molecule has 0 aromatic carbocycles. The second-order valence-electron chi connectivity index (χ2n) is 12.1. The van der Waals surface area contributed by atoms with E-state index < -0.39 is 7.37 Å². The molecule has 0 bridgehead atoms. The van der Waals surface area contributed by atoms with Crippen LogP contribution >= 0.6 is 7.37 Å². The normalized spacial score (nSPS) is 12.0. The predicted molar refractivity (Wildman–Crippen MR) is 216 cm³/mol.